The molecule has 2 heterocycles. The first-order chi connectivity index (χ1) is 8.09. The Balaban J connectivity index is 1.98. The van der Waals surface area contributed by atoms with Crippen molar-refractivity contribution in [3.8, 4) is 0 Å². The fourth-order valence-corrected chi connectivity index (χ4v) is 3.00. The predicted molar refractivity (Wildman–Crippen MR) is 66.5 cm³/mol. The van der Waals surface area contributed by atoms with E-state index < -0.39 is 0 Å². The van der Waals surface area contributed by atoms with E-state index in [2.05, 4.69) is 13.8 Å². The van der Waals surface area contributed by atoms with Crippen LogP contribution >= 0.6 is 0 Å². The number of hydrogen-bond donors (Lipinski definition) is 1. The molecule has 17 heavy (non-hydrogen) atoms. The number of nitrogens with two attached hydrogens (primary N) is 1. The van der Waals surface area contributed by atoms with Gasteiger partial charge in [-0.25, -0.2) is 0 Å². The molecule has 4 heteroatoms. The van der Waals surface area contributed by atoms with Gasteiger partial charge in [0.1, 0.15) is 0 Å². The van der Waals surface area contributed by atoms with Crippen LogP contribution in [0.5, 0.6) is 0 Å². The standard InChI is InChI=1S/C13H24N2O2/c1-9-8-17-6-4-12(9)13(16)15-5-3-11(14)7-10(15)2/h9-12H,3-8,14H2,1-2H3. The van der Waals surface area contributed by atoms with Crippen molar-refractivity contribution in [1.29, 1.82) is 0 Å². The van der Waals surface area contributed by atoms with Crippen molar-refractivity contribution in [3.63, 3.8) is 0 Å². The lowest BCUT2D eigenvalue weighted by Crippen LogP contribution is -2.52. The van der Waals surface area contributed by atoms with Gasteiger partial charge in [-0.1, -0.05) is 6.92 Å². The van der Waals surface area contributed by atoms with E-state index in [1.165, 1.54) is 0 Å². The van der Waals surface area contributed by atoms with Crippen molar-refractivity contribution in [2.75, 3.05) is 19.8 Å². The molecule has 1 amide bonds. The van der Waals surface area contributed by atoms with Crippen molar-refractivity contribution in [1.82, 2.24) is 4.90 Å². The first-order valence-corrected chi connectivity index (χ1v) is 6.73. The molecule has 0 aromatic heterocycles. The Hall–Kier alpha value is -0.610. The van der Waals surface area contributed by atoms with Gasteiger partial charge in [0, 0.05) is 37.8 Å². The Morgan fingerprint density at radius 2 is 2.12 bits per heavy atom. The lowest BCUT2D eigenvalue weighted by atomic mass is 9.87. The lowest BCUT2D eigenvalue weighted by molar-refractivity contribution is -0.144. The van der Waals surface area contributed by atoms with Crippen molar-refractivity contribution in [3.05, 3.63) is 0 Å². The van der Waals surface area contributed by atoms with Crippen LogP contribution in [-0.4, -0.2) is 42.6 Å². The van der Waals surface area contributed by atoms with Crippen LogP contribution in [0.1, 0.15) is 33.1 Å². The highest BCUT2D eigenvalue weighted by atomic mass is 16.5. The van der Waals surface area contributed by atoms with Gasteiger partial charge in [0.05, 0.1) is 0 Å². The fraction of sp³-hybridized carbons (Fsp3) is 0.923. The summed E-state index contributed by atoms with van der Waals surface area (Å²) in [5, 5.41) is 0. The maximum atomic E-state index is 12.5. The zero-order valence-corrected chi connectivity index (χ0v) is 10.9. The zero-order chi connectivity index (χ0) is 12.4. The highest BCUT2D eigenvalue weighted by Crippen LogP contribution is 2.26. The maximum absolute atomic E-state index is 12.5. The van der Waals surface area contributed by atoms with E-state index in [0.717, 1.165) is 39.0 Å². The molecule has 2 N–H and O–H groups in total. The zero-order valence-electron chi connectivity index (χ0n) is 10.9. The number of likely N-dealkylation sites (tertiary alicyclic amines) is 1. The van der Waals surface area contributed by atoms with Gasteiger partial charge in [0.2, 0.25) is 5.91 Å². The van der Waals surface area contributed by atoms with E-state index in [4.69, 9.17) is 10.5 Å². The second kappa shape index (κ2) is 5.36. The largest absolute Gasteiger partial charge is 0.381 e. The van der Waals surface area contributed by atoms with E-state index >= 15 is 0 Å². The third-order valence-corrected chi connectivity index (χ3v) is 4.16. The molecule has 0 spiro atoms. The maximum Gasteiger partial charge on any atom is 0.226 e. The lowest BCUT2D eigenvalue weighted by Gasteiger charge is -2.40. The van der Waals surface area contributed by atoms with Crippen molar-refractivity contribution in [2.45, 2.75) is 45.2 Å². The molecule has 2 aliphatic heterocycles. The average molecular weight is 240 g/mol. The van der Waals surface area contributed by atoms with E-state index in [1.807, 2.05) is 4.90 Å². The molecule has 2 saturated heterocycles. The summed E-state index contributed by atoms with van der Waals surface area (Å²) in [4.78, 5) is 14.5. The minimum Gasteiger partial charge on any atom is -0.381 e. The van der Waals surface area contributed by atoms with Crippen LogP contribution in [0.3, 0.4) is 0 Å². The molecule has 2 fully saturated rings. The number of ether oxygens (including phenoxy) is 1. The molecule has 0 aromatic carbocycles. The SMILES string of the molecule is CC1COCCC1C(=O)N1CCC(N)CC1C. The summed E-state index contributed by atoms with van der Waals surface area (Å²) in [7, 11) is 0. The molecule has 0 bridgehead atoms. The molecule has 4 nitrogen and oxygen atoms in total. The van der Waals surface area contributed by atoms with Crippen LogP contribution in [0.4, 0.5) is 0 Å². The number of amides is 1. The summed E-state index contributed by atoms with van der Waals surface area (Å²) >= 11 is 0. The monoisotopic (exact) mass is 240 g/mol. The molecule has 4 atom stereocenters. The number of hydrogen-bond acceptors (Lipinski definition) is 3. The molecule has 2 aliphatic rings. The molecular formula is C13H24N2O2. The number of nitrogens with zero attached hydrogens (tertiary/aromatic N) is 1. The van der Waals surface area contributed by atoms with E-state index in [-0.39, 0.29) is 12.0 Å². The van der Waals surface area contributed by atoms with Gasteiger partial charge in [-0.2, -0.15) is 0 Å². The van der Waals surface area contributed by atoms with Gasteiger partial charge in [-0.05, 0) is 32.1 Å². The molecule has 0 aliphatic carbocycles. The van der Waals surface area contributed by atoms with Crippen molar-refractivity contribution in [2.24, 2.45) is 17.6 Å². The summed E-state index contributed by atoms with van der Waals surface area (Å²) in [6.07, 6.45) is 2.74. The van der Waals surface area contributed by atoms with Crippen LogP contribution in [0.15, 0.2) is 0 Å². The van der Waals surface area contributed by atoms with E-state index in [0.29, 0.717) is 17.9 Å². The van der Waals surface area contributed by atoms with Crippen molar-refractivity contribution >= 4 is 5.91 Å². The van der Waals surface area contributed by atoms with Crippen LogP contribution in [0.25, 0.3) is 0 Å². The third-order valence-electron chi connectivity index (χ3n) is 4.16. The Bertz CT molecular complexity index is 283. The predicted octanol–water partition coefficient (Wildman–Crippen LogP) is 0.997. The van der Waals surface area contributed by atoms with Gasteiger partial charge in [-0.15, -0.1) is 0 Å². The Morgan fingerprint density at radius 3 is 2.76 bits per heavy atom. The first kappa shape index (κ1) is 12.8. The van der Waals surface area contributed by atoms with Gasteiger partial charge in [-0.3, -0.25) is 4.79 Å². The van der Waals surface area contributed by atoms with E-state index in [1.54, 1.807) is 0 Å². The van der Waals surface area contributed by atoms with Crippen LogP contribution in [-0.2, 0) is 9.53 Å². The minimum absolute atomic E-state index is 0.153. The molecule has 0 radical (unpaired) electrons. The van der Waals surface area contributed by atoms with E-state index in [9.17, 15) is 4.79 Å². The smallest absolute Gasteiger partial charge is 0.226 e. The second-order valence-corrected chi connectivity index (χ2v) is 5.61. The number of carbonyl (C=O) groups is 1. The summed E-state index contributed by atoms with van der Waals surface area (Å²) in [5.74, 6) is 0.819. The summed E-state index contributed by atoms with van der Waals surface area (Å²) in [5.41, 5.74) is 5.94. The van der Waals surface area contributed by atoms with Crippen LogP contribution in [0, 0.1) is 11.8 Å². The second-order valence-electron chi connectivity index (χ2n) is 5.61. The molecular weight excluding hydrogens is 216 g/mol. The normalized spacial score (nSPS) is 39.1. The minimum atomic E-state index is 0.153. The highest BCUT2D eigenvalue weighted by molar-refractivity contribution is 5.79. The number of carbonyl (C=O) groups excluding carboxylic acids is 1. The highest BCUT2D eigenvalue weighted by Gasteiger charge is 2.35. The molecule has 0 saturated carbocycles. The average Bonchev–Trinajstić information content (AvgIpc) is 2.29. The molecule has 4 unspecified atom stereocenters. The topological polar surface area (TPSA) is 55.6 Å². The van der Waals surface area contributed by atoms with Gasteiger partial charge in [0.25, 0.3) is 0 Å². The first-order valence-electron chi connectivity index (χ1n) is 6.73. The summed E-state index contributed by atoms with van der Waals surface area (Å²) in [6.45, 7) is 6.49. The van der Waals surface area contributed by atoms with Crippen molar-refractivity contribution < 1.29 is 9.53 Å². The summed E-state index contributed by atoms with van der Waals surface area (Å²) in [6, 6.07) is 0.558. The number of piperidine rings is 1. The Kier molecular flexibility index (Phi) is 4.05. The Morgan fingerprint density at radius 1 is 1.35 bits per heavy atom. The third kappa shape index (κ3) is 2.80. The number of rotatable bonds is 1. The molecule has 2 rings (SSSR count). The Labute approximate surface area is 103 Å². The molecule has 98 valence electrons. The quantitative estimate of drug-likeness (QED) is 0.744. The van der Waals surface area contributed by atoms with Crippen LogP contribution < -0.4 is 5.73 Å². The van der Waals surface area contributed by atoms with Gasteiger partial charge >= 0.3 is 0 Å². The summed E-state index contributed by atoms with van der Waals surface area (Å²) < 4.78 is 5.40. The fourth-order valence-electron chi connectivity index (χ4n) is 3.00. The van der Waals surface area contributed by atoms with Crippen LogP contribution in [0.2, 0.25) is 0 Å². The molecule has 0 aromatic rings. The van der Waals surface area contributed by atoms with Gasteiger partial charge in [0.15, 0.2) is 0 Å². The van der Waals surface area contributed by atoms with Gasteiger partial charge < -0.3 is 15.4 Å².